The summed E-state index contributed by atoms with van der Waals surface area (Å²) in [7, 11) is 0. The van der Waals surface area contributed by atoms with Crippen LogP contribution < -0.4 is 0 Å². The standard InChI is InChI=1S/C19H16ClFN4/c1-2-5-16-19-24-22-11-25(19)17-9-8-12(20)10-14(17)18(23-16)13-6-3-4-7-15(13)21/h3-4,6-11,16H,2,5H2,1H3/t16-/m0/s1. The Bertz CT molecular complexity index is 964. The number of rotatable bonds is 3. The van der Waals surface area contributed by atoms with Gasteiger partial charge in [0.05, 0.1) is 11.4 Å². The first kappa shape index (κ1) is 16.0. The van der Waals surface area contributed by atoms with Crippen molar-refractivity contribution in [3.8, 4) is 5.69 Å². The molecule has 4 rings (SSSR count). The van der Waals surface area contributed by atoms with Gasteiger partial charge in [0.25, 0.3) is 0 Å². The molecule has 1 aliphatic rings. The van der Waals surface area contributed by atoms with Crippen LogP contribution in [0.4, 0.5) is 4.39 Å². The first-order valence-electron chi connectivity index (χ1n) is 8.22. The molecule has 126 valence electrons. The molecule has 1 aromatic heterocycles. The van der Waals surface area contributed by atoms with Crippen molar-refractivity contribution in [3.05, 3.63) is 76.6 Å². The number of hydrogen-bond donors (Lipinski definition) is 0. The van der Waals surface area contributed by atoms with Gasteiger partial charge < -0.3 is 0 Å². The minimum Gasteiger partial charge on any atom is -0.283 e. The zero-order chi connectivity index (χ0) is 17.4. The molecule has 2 heterocycles. The van der Waals surface area contributed by atoms with Gasteiger partial charge in [0.2, 0.25) is 0 Å². The lowest BCUT2D eigenvalue weighted by Crippen LogP contribution is -2.09. The van der Waals surface area contributed by atoms with E-state index in [4.69, 9.17) is 16.6 Å². The van der Waals surface area contributed by atoms with Crippen LogP contribution in [0, 0.1) is 5.82 Å². The van der Waals surface area contributed by atoms with Crippen LogP contribution in [-0.2, 0) is 0 Å². The number of fused-ring (bicyclic) bond motifs is 3. The van der Waals surface area contributed by atoms with E-state index >= 15 is 0 Å². The van der Waals surface area contributed by atoms with Gasteiger partial charge in [-0.2, -0.15) is 0 Å². The number of benzene rings is 2. The van der Waals surface area contributed by atoms with Gasteiger partial charge in [0.15, 0.2) is 5.82 Å². The minimum atomic E-state index is -0.305. The molecule has 3 aromatic rings. The Hall–Kier alpha value is -2.53. The van der Waals surface area contributed by atoms with E-state index in [-0.39, 0.29) is 11.9 Å². The molecule has 0 spiro atoms. The van der Waals surface area contributed by atoms with Gasteiger partial charge in [0.1, 0.15) is 18.2 Å². The first-order chi connectivity index (χ1) is 12.2. The third-order valence-electron chi connectivity index (χ3n) is 4.32. The van der Waals surface area contributed by atoms with Crippen LogP contribution in [0.25, 0.3) is 5.69 Å². The summed E-state index contributed by atoms with van der Waals surface area (Å²) in [5.74, 6) is 0.455. The monoisotopic (exact) mass is 354 g/mol. The van der Waals surface area contributed by atoms with Gasteiger partial charge in [-0.1, -0.05) is 37.1 Å². The average molecular weight is 355 g/mol. The largest absolute Gasteiger partial charge is 0.283 e. The highest BCUT2D eigenvalue weighted by Gasteiger charge is 2.27. The van der Waals surface area contributed by atoms with Crippen molar-refractivity contribution in [2.75, 3.05) is 0 Å². The molecule has 2 aromatic carbocycles. The van der Waals surface area contributed by atoms with Crippen LogP contribution in [0.1, 0.15) is 42.8 Å². The highest BCUT2D eigenvalue weighted by molar-refractivity contribution is 6.31. The Kier molecular flexibility index (Phi) is 4.09. The van der Waals surface area contributed by atoms with Crippen molar-refractivity contribution in [2.24, 2.45) is 4.99 Å². The number of hydrogen-bond acceptors (Lipinski definition) is 3. The van der Waals surface area contributed by atoms with Crippen molar-refractivity contribution >= 4 is 17.3 Å². The van der Waals surface area contributed by atoms with E-state index in [0.717, 1.165) is 29.9 Å². The van der Waals surface area contributed by atoms with Gasteiger partial charge >= 0.3 is 0 Å². The summed E-state index contributed by atoms with van der Waals surface area (Å²) in [5, 5.41) is 8.89. The fourth-order valence-electron chi connectivity index (χ4n) is 3.18. The second-order valence-corrected chi connectivity index (χ2v) is 6.42. The molecule has 0 unspecified atom stereocenters. The maximum atomic E-state index is 14.5. The van der Waals surface area contributed by atoms with E-state index in [1.165, 1.54) is 6.07 Å². The topological polar surface area (TPSA) is 43.1 Å². The SMILES string of the molecule is CCC[C@@H]1N=C(c2ccccc2F)c2cc(Cl)ccc2-n2cnnc21. The average Bonchev–Trinajstić information content (AvgIpc) is 3.05. The van der Waals surface area contributed by atoms with E-state index in [2.05, 4.69) is 17.1 Å². The second kappa shape index (κ2) is 6.41. The molecule has 1 aliphatic heterocycles. The molecule has 0 saturated carbocycles. The van der Waals surface area contributed by atoms with Crippen LogP contribution in [-0.4, -0.2) is 20.5 Å². The van der Waals surface area contributed by atoms with E-state index in [1.807, 2.05) is 28.8 Å². The molecule has 0 amide bonds. The number of halogens is 2. The Morgan fingerprint density at radius 3 is 2.80 bits per heavy atom. The third-order valence-corrected chi connectivity index (χ3v) is 4.56. The Morgan fingerprint density at radius 2 is 2.00 bits per heavy atom. The quantitative estimate of drug-likeness (QED) is 0.681. The van der Waals surface area contributed by atoms with E-state index < -0.39 is 0 Å². The summed E-state index contributed by atoms with van der Waals surface area (Å²) in [6, 6.07) is 12.0. The van der Waals surface area contributed by atoms with Gasteiger partial charge in [0, 0.05) is 16.1 Å². The molecule has 0 fully saturated rings. The number of aliphatic imine (C=N–C) groups is 1. The van der Waals surface area contributed by atoms with Crippen LogP contribution in [0.3, 0.4) is 0 Å². The lowest BCUT2D eigenvalue weighted by Gasteiger charge is -2.12. The molecule has 0 bridgehead atoms. The third kappa shape index (κ3) is 2.74. The summed E-state index contributed by atoms with van der Waals surface area (Å²) in [5.41, 5.74) is 2.69. The van der Waals surface area contributed by atoms with Crippen molar-refractivity contribution in [1.82, 2.24) is 14.8 Å². The van der Waals surface area contributed by atoms with Gasteiger partial charge in [-0.15, -0.1) is 10.2 Å². The summed E-state index contributed by atoms with van der Waals surface area (Å²) in [4.78, 5) is 4.89. The predicted octanol–water partition coefficient (Wildman–Crippen LogP) is 4.75. The summed E-state index contributed by atoms with van der Waals surface area (Å²) in [6.45, 7) is 2.09. The van der Waals surface area contributed by atoms with Crippen molar-refractivity contribution in [2.45, 2.75) is 25.8 Å². The zero-order valence-electron chi connectivity index (χ0n) is 13.7. The zero-order valence-corrected chi connectivity index (χ0v) is 14.4. The van der Waals surface area contributed by atoms with Gasteiger partial charge in [-0.05, 0) is 36.8 Å². The van der Waals surface area contributed by atoms with E-state index in [9.17, 15) is 4.39 Å². The lowest BCUT2D eigenvalue weighted by molar-refractivity contribution is 0.595. The van der Waals surface area contributed by atoms with Crippen molar-refractivity contribution in [3.63, 3.8) is 0 Å². The lowest BCUT2D eigenvalue weighted by atomic mass is 10.00. The summed E-state index contributed by atoms with van der Waals surface area (Å²) >= 11 is 6.23. The second-order valence-electron chi connectivity index (χ2n) is 5.98. The Morgan fingerprint density at radius 1 is 1.16 bits per heavy atom. The molecule has 4 nitrogen and oxygen atoms in total. The van der Waals surface area contributed by atoms with E-state index in [1.54, 1.807) is 18.5 Å². The van der Waals surface area contributed by atoms with Crippen molar-refractivity contribution < 1.29 is 4.39 Å². The van der Waals surface area contributed by atoms with Gasteiger partial charge in [-0.3, -0.25) is 9.56 Å². The Labute approximate surface area is 150 Å². The minimum absolute atomic E-state index is 0.187. The van der Waals surface area contributed by atoms with Crippen LogP contribution >= 0.6 is 11.6 Å². The van der Waals surface area contributed by atoms with E-state index in [0.29, 0.717) is 16.3 Å². The highest BCUT2D eigenvalue weighted by atomic mass is 35.5. The highest BCUT2D eigenvalue weighted by Crippen LogP contribution is 2.33. The van der Waals surface area contributed by atoms with Crippen LogP contribution in [0.15, 0.2) is 53.8 Å². The maximum absolute atomic E-state index is 14.5. The molecule has 0 aliphatic carbocycles. The maximum Gasteiger partial charge on any atom is 0.162 e. The van der Waals surface area contributed by atoms with Crippen LogP contribution in [0.5, 0.6) is 0 Å². The molecule has 0 radical (unpaired) electrons. The normalized spacial score (nSPS) is 16.0. The first-order valence-corrected chi connectivity index (χ1v) is 8.59. The fraction of sp³-hybridized carbons (Fsp3) is 0.211. The number of nitrogens with zero attached hydrogens (tertiary/aromatic N) is 4. The molecule has 1 atom stereocenters. The summed E-state index contributed by atoms with van der Waals surface area (Å²) in [6.07, 6.45) is 3.41. The van der Waals surface area contributed by atoms with Gasteiger partial charge in [-0.25, -0.2) is 4.39 Å². The smallest absolute Gasteiger partial charge is 0.162 e. The predicted molar refractivity (Wildman–Crippen MR) is 96.1 cm³/mol. The molecular weight excluding hydrogens is 339 g/mol. The molecule has 25 heavy (non-hydrogen) atoms. The van der Waals surface area contributed by atoms with Crippen LogP contribution in [0.2, 0.25) is 5.02 Å². The molecular formula is C19H16ClFN4. The number of aromatic nitrogens is 3. The van der Waals surface area contributed by atoms with Crippen molar-refractivity contribution in [1.29, 1.82) is 0 Å². The Balaban J connectivity index is 2.03. The summed E-state index contributed by atoms with van der Waals surface area (Å²) < 4.78 is 16.4. The molecule has 6 heteroatoms. The molecule has 0 N–H and O–H groups in total. The molecule has 0 saturated heterocycles. The fourth-order valence-corrected chi connectivity index (χ4v) is 3.35.